The lowest BCUT2D eigenvalue weighted by atomic mass is 9.94. The molecule has 0 aromatic heterocycles. The first-order valence-corrected chi connectivity index (χ1v) is 8.52. The van der Waals surface area contributed by atoms with Crippen molar-refractivity contribution < 1.29 is 14.7 Å². The van der Waals surface area contributed by atoms with E-state index in [0.29, 0.717) is 17.4 Å². The molecule has 6 heteroatoms. The second kappa shape index (κ2) is 8.02. The van der Waals surface area contributed by atoms with Crippen molar-refractivity contribution in [3.8, 4) is 17.2 Å². The molecule has 2 aromatic carbocycles. The molecule has 0 saturated carbocycles. The Morgan fingerprint density at radius 3 is 1.96 bits per heavy atom. The molecule has 0 radical (unpaired) electrons. The van der Waals surface area contributed by atoms with E-state index in [9.17, 15) is 14.7 Å². The first-order chi connectivity index (χ1) is 12.7. The molecule has 0 aliphatic heterocycles. The molecule has 0 spiro atoms. The Labute approximate surface area is 158 Å². The molecule has 0 aliphatic carbocycles. The predicted octanol–water partition coefficient (Wildman–Crippen LogP) is 3.57. The Hall–Kier alpha value is -3.17. The number of nitrogens with zero attached hydrogens (tertiary/aromatic N) is 2. The third kappa shape index (κ3) is 4.52. The van der Waals surface area contributed by atoms with E-state index >= 15 is 0 Å². The highest BCUT2D eigenvalue weighted by molar-refractivity contribution is 5.74. The first kappa shape index (κ1) is 20.1. The Morgan fingerprint density at radius 2 is 1.59 bits per heavy atom. The van der Waals surface area contributed by atoms with Crippen molar-refractivity contribution in [3.05, 3.63) is 59.7 Å². The van der Waals surface area contributed by atoms with Gasteiger partial charge in [-0.1, -0.05) is 36.4 Å². The number of rotatable bonds is 5. The fourth-order valence-corrected chi connectivity index (χ4v) is 3.00. The van der Waals surface area contributed by atoms with Gasteiger partial charge in [0.25, 0.3) is 0 Å². The van der Waals surface area contributed by atoms with E-state index in [4.69, 9.17) is 11.0 Å². The van der Waals surface area contributed by atoms with Gasteiger partial charge in [0, 0.05) is 5.54 Å². The van der Waals surface area contributed by atoms with E-state index in [0.717, 1.165) is 16.0 Å². The molecule has 2 rings (SSSR count). The number of hydrogen-bond donors (Lipinski definition) is 2. The predicted molar refractivity (Wildman–Crippen MR) is 103 cm³/mol. The zero-order valence-electron chi connectivity index (χ0n) is 15.6. The zero-order chi connectivity index (χ0) is 20.2. The van der Waals surface area contributed by atoms with E-state index in [1.807, 2.05) is 24.3 Å². The Kier molecular flexibility index (Phi) is 5.98. The van der Waals surface area contributed by atoms with Crippen molar-refractivity contribution in [1.82, 2.24) is 4.90 Å². The van der Waals surface area contributed by atoms with Gasteiger partial charge in [-0.3, -0.25) is 4.90 Å². The quantitative estimate of drug-likeness (QED) is 0.788. The molecular weight excluding hydrogens is 342 g/mol. The maximum atomic E-state index is 11.7. The van der Waals surface area contributed by atoms with Gasteiger partial charge in [0.15, 0.2) is 0 Å². The second-order valence-electron chi connectivity index (χ2n) is 7.29. The van der Waals surface area contributed by atoms with Gasteiger partial charge in [-0.2, -0.15) is 5.26 Å². The van der Waals surface area contributed by atoms with E-state index < -0.39 is 23.7 Å². The standard InChI is InChI=1S/C21H23N3O3/c1-21(2,3)24(20(26)27)18(13-25)19(23)17-10-8-16(9-11-17)15-6-4-14(12-22)5-7-15/h4-11,13,18-19H,23H2,1-3H3,(H,26,27). The van der Waals surface area contributed by atoms with Gasteiger partial charge in [0.2, 0.25) is 0 Å². The Morgan fingerprint density at radius 1 is 1.11 bits per heavy atom. The van der Waals surface area contributed by atoms with E-state index in [-0.39, 0.29) is 0 Å². The highest BCUT2D eigenvalue weighted by Gasteiger charge is 2.37. The van der Waals surface area contributed by atoms with Gasteiger partial charge in [-0.25, -0.2) is 4.79 Å². The van der Waals surface area contributed by atoms with E-state index in [1.54, 1.807) is 45.0 Å². The van der Waals surface area contributed by atoms with Crippen molar-refractivity contribution >= 4 is 12.4 Å². The number of nitrogens with two attached hydrogens (primary N) is 1. The highest BCUT2D eigenvalue weighted by Crippen LogP contribution is 2.27. The minimum absolute atomic E-state index is 0.582. The number of carbonyl (C=O) groups excluding carboxylic acids is 1. The molecule has 0 fully saturated rings. The number of amides is 1. The summed E-state index contributed by atoms with van der Waals surface area (Å²) in [6.07, 6.45) is -0.609. The van der Waals surface area contributed by atoms with Crippen LogP contribution in [0.25, 0.3) is 11.1 Å². The zero-order valence-corrected chi connectivity index (χ0v) is 15.6. The summed E-state index contributed by atoms with van der Waals surface area (Å²) in [6, 6.07) is 14.8. The second-order valence-corrected chi connectivity index (χ2v) is 7.29. The summed E-state index contributed by atoms with van der Waals surface area (Å²) in [4.78, 5) is 24.4. The molecule has 0 saturated heterocycles. The van der Waals surface area contributed by atoms with E-state index in [1.165, 1.54) is 0 Å². The van der Waals surface area contributed by atoms with Crippen LogP contribution >= 0.6 is 0 Å². The Bertz CT molecular complexity index is 846. The molecule has 27 heavy (non-hydrogen) atoms. The average molecular weight is 365 g/mol. The van der Waals surface area contributed by atoms with Crippen LogP contribution in [0.4, 0.5) is 4.79 Å². The van der Waals surface area contributed by atoms with Gasteiger partial charge >= 0.3 is 6.09 Å². The van der Waals surface area contributed by atoms with Crippen LogP contribution in [0.15, 0.2) is 48.5 Å². The molecule has 0 bridgehead atoms. The van der Waals surface area contributed by atoms with Gasteiger partial charge in [0.1, 0.15) is 12.3 Å². The normalized spacial score (nSPS) is 13.3. The van der Waals surface area contributed by atoms with Gasteiger partial charge < -0.3 is 15.6 Å². The molecule has 1 amide bonds. The fraction of sp³-hybridized carbons (Fsp3) is 0.286. The van der Waals surface area contributed by atoms with Crippen LogP contribution in [0.3, 0.4) is 0 Å². The Balaban J connectivity index is 2.29. The smallest absolute Gasteiger partial charge is 0.408 e. The number of hydrogen-bond acceptors (Lipinski definition) is 4. The topological polar surface area (TPSA) is 107 Å². The van der Waals surface area contributed by atoms with Gasteiger partial charge in [0.05, 0.1) is 17.7 Å². The van der Waals surface area contributed by atoms with Crippen LogP contribution in [-0.4, -0.2) is 34.0 Å². The maximum Gasteiger partial charge on any atom is 0.408 e. The van der Waals surface area contributed by atoms with Gasteiger partial charge in [-0.15, -0.1) is 0 Å². The minimum Gasteiger partial charge on any atom is -0.465 e. The monoisotopic (exact) mass is 365 g/mol. The molecule has 140 valence electrons. The van der Waals surface area contributed by atoms with Crippen molar-refractivity contribution in [2.45, 2.75) is 38.4 Å². The first-order valence-electron chi connectivity index (χ1n) is 8.52. The fourth-order valence-electron chi connectivity index (χ4n) is 3.00. The van der Waals surface area contributed by atoms with Crippen LogP contribution in [0.2, 0.25) is 0 Å². The number of benzene rings is 2. The number of nitriles is 1. The number of aldehydes is 1. The number of carbonyl (C=O) groups is 2. The minimum atomic E-state index is -1.19. The third-order valence-electron chi connectivity index (χ3n) is 4.38. The van der Waals surface area contributed by atoms with Crippen molar-refractivity contribution in [2.24, 2.45) is 5.73 Å². The molecule has 0 aliphatic rings. The lowest BCUT2D eigenvalue weighted by Gasteiger charge is -2.39. The van der Waals surface area contributed by atoms with Crippen LogP contribution in [0, 0.1) is 11.3 Å². The summed E-state index contributed by atoms with van der Waals surface area (Å²) in [5.41, 5.74) is 8.61. The molecule has 2 aromatic rings. The maximum absolute atomic E-state index is 11.7. The highest BCUT2D eigenvalue weighted by atomic mass is 16.4. The van der Waals surface area contributed by atoms with Crippen molar-refractivity contribution in [3.63, 3.8) is 0 Å². The summed E-state index contributed by atoms with van der Waals surface area (Å²) < 4.78 is 0. The van der Waals surface area contributed by atoms with Crippen molar-refractivity contribution in [1.29, 1.82) is 5.26 Å². The summed E-state index contributed by atoms with van der Waals surface area (Å²) >= 11 is 0. The van der Waals surface area contributed by atoms with Crippen LogP contribution in [0.1, 0.15) is 37.9 Å². The van der Waals surface area contributed by atoms with E-state index in [2.05, 4.69) is 6.07 Å². The lowest BCUT2D eigenvalue weighted by molar-refractivity contribution is -0.114. The lowest BCUT2D eigenvalue weighted by Crippen LogP contribution is -2.55. The molecule has 3 N–H and O–H groups in total. The molecule has 2 unspecified atom stereocenters. The molecule has 2 atom stereocenters. The average Bonchev–Trinajstić information content (AvgIpc) is 2.64. The van der Waals surface area contributed by atoms with Gasteiger partial charge in [-0.05, 0) is 49.6 Å². The summed E-state index contributed by atoms with van der Waals surface area (Å²) in [5.74, 6) is 0. The third-order valence-corrected chi connectivity index (χ3v) is 4.38. The summed E-state index contributed by atoms with van der Waals surface area (Å²) in [5, 5.41) is 18.4. The van der Waals surface area contributed by atoms with Crippen LogP contribution < -0.4 is 5.73 Å². The molecular formula is C21H23N3O3. The largest absolute Gasteiger partial charge is 0.465 e. The molecule has 6 nitrogen and oxygen atoms in total. The number of carboxylic acid groups (broad SMARTS) is 1. The SMILES string of the molecule is CC(C)(C)N(C(=O)O)C(C=O)C(N)c1ccc(-c2ccc(C#N)cc2)cc1. The summed E-state index contributed by atoms with van der Waals surface area (Å²) in [7, 11) is 0. The molecule has 0 heterocycles. The van der Waals surface area contributed by atoms with Crippen LogP contribution in [0.5, 0.6) is 0 Å². The van der Waals surface area contributed by atoms with Crippen molar-refractivity contribution in [2.75, 3.05) is 0 Å². The van der Waals surface area contributed by atoms with Crippen LogP contribution in [-0.2, 0) is 4.79 Å². The summed E-state index contributed by atoms with van der Waals surface area (Å²) in [6.45, 7) is 5.16.